The largest absolute Gasteiger partial charge is 0.478 e. The highest BCUT2D eigenvalue weighted by atomic mass is 16.4. The summed E-state index contributed by atoms with van der Waals surface area (Å²) in [5, 5.41) is 9.17. The lowest BCUT2D eigenvalue weighted by Gasteiger charge is -2.32. The van der Waals surface area contributed by atoms with Crippen molar-refractivity contribution in [1.82, 2.24) is 19.8 Å². The van der Waals surface area contributed by atoms with Gasteiger partial charge in [-0.2, -0.15) is 0 Å². The Balaban J connectivity index is 1.52. The number of nitrogens with zero attached hydrogens (tertiary/aromatic N) is 3. The number of carboxylic acids is 1. The minimum Gasteiger partial charge on any atom is -0.478 e. The first-order valence-corrected chi connectivity index (χ1v) is 9.44. The normalized spacial score (nSPS) is 17.5. The molecule has 2 amide bonds. The van der Waals surface area contributed by atoms with Gasteiger partial charge in [-0.25, -0.2) is 9.78 Å². The average Bonchev–Trinajstić information content (AvgIpc) is 3.32. The molecular formula is C20H22N4O4. The van der Waals surface area contributed by atoms with Gasteiger partial charge in [0.05, 0.1) is 23.5 Å². The number of aromatic amines is 1. The lowest BCUT2D eigenvalue weighted by molar-refractivity contribution is -0.143. The van der Waals surface area contributed by atoms with Crippen LogP contribution in [0.5, 0.6) is 0 Å². The quantitative estimate of drug-likeness (QED) is 0.837. The maximum absolute atomic E-state index is 12.9. The van der Waals surface area contributed by atoms with Gasteiger partial charge in [0.25, 0.3) is 0 Å². The summed E-state index contributed by atoms with van der Waals surface area (Å²) >= 11 is 0. The summed E-state index contributed by atoms with van der Waals surface area (Å²) < 4.78 is 0. The molecular weight excluding hydrogens is 360 g/mol. The number of aromatic nitrogens is 2. The number of carbonyl (C=O) groups is 3. The van der Waals surface area contributed by atoms with Crippen molar-refractivity contribution in [3.8, 4) is 11.4 Å². The zero-order valence-electron chi connectivity index (χ0n) is 15.6. The molecule has 2 N–H and O–H groups in total. The van der Waals surface area contributed by atoms with E-state index in [-0.39, 0.29) is 17.4 Å². The summed E-state index contributed by atoms with van der Waals surface area (Å²) in [6.07, 6.45) is 1.94. The number of hydrogen-bond acceptors (Lipinski definition) is 4. The third kappa shape index (κ3) is 3.26. The van der Waals surface area contributed by atoms with Crippen molar-refractivity contribution in [2.75, 3.05) is 13.1 Å². The molecule has 28 heavy (non-hydrogen) atoms. The lowest BCUT2D eigenvalue weighted by Crippen LogP contribution is -2.49. The summed E-state index contributed by atoms with van der Waals surface area (Å²) in [4.78, 5) is 47.3. The van der Waals surface area contributed by atoms with Crippen LogP contribution in [0.1, 0.15) is 41.5 Å². The minimum atomic E-state index is -0.986. The van der Waals surface area contributed by atoms with Crippen LogP contribution in [0, 0.1) is 0 Å². The second-order valence-corrected chi connectivity index (χ2v) is 7.27. The summed E-state index contributed by atoms with van der Waals surface area (Å²) in [5.41, 5.74) is 2.65. The van der Waals surface area contributed by atoms with Crippen LogP contribution in [-0.2, 0) is 22.6 Å². The van der Waals surface area contributed by atoms with Crippen molar-refractivity contribution < 1.29 is 19.5 Å². The first-order chi connectivity index (χ1) is 13.4. The molecule has 1 saturated heterocycles. The summed E-state index contributed by atoms with van der Waals surface area (Å²) in [6, 6.07) is 6.16. The Hall–Kier alpha value is -3.16. The Morgan fingerprint density at radius 1 is 1.25 bits per heavy atom. The van der Waals surface area contributed by atoms with Crippen molar-refractivity contribution >= 4 is 17.8 Å². The zero-order chi connectivity index (χ0) is 19.8. The topological polar surface area (TPSA) is 107 Å². The van der Waals surface area contributed by atoms with Gasteiger partial charge in [0, 0.05) is 31.5 Å². The second kappa shape index (κ2) is 7.10. The molecule has 0 saturated carbocycles. The lowest BCUT2D eigenvalue weighted by atomic mass is 10.1. The Kier molecular flexibility index (Phi) is 4.62. The van der Waals surface area contributed by atoms with Crippen molar-refractivity contribution in [3.63, 3.8) is 0 Å². The van der Waals surface area contributed by atoms with Crippen LogP contribution in [0.2, 0.25) is 0 Å². The molecule has 1 aromatic heterocycles. The molecule has 0 unspecified atom stereocenters. The Morgan fingerprint density at radius 3 is 2.79 bits per heavy atom. The SMILES string of the molecule is C[C@H](C(=O)N1CCc2nc(-c3cccc(C(=O)O)c3)[nH]c2C1)N1CCCC1=O. The molecule has 1 fully saturated rings. The zero-order valence-corrected chi connectivity index (χ0v) is 15.6. The third-order valence-corrected chi connectivity index (χ3v) is 5.46. The number of hydrogen-bond donors (Lipinski definition) is 2. The number of benzene rings is 1. The molecule has 146 valence electrons. The summed E-state index contributed by atoms with van der Waals surface area (Å²) in [7, 11) is 0. The molecule has 2 aromatic rings. The Bertz CT molecular complexity index is 951. The van der Waals surface area contributed by atoms with E-state index in [0.717, 1.165) is 17.8 Å². The summed E-state index contributed by atoms with van der Waals surface area (Å²) in [6.45, 7) is 3.39. The molecule has 0 aliphatic carbocycles. The van der Waals surface area contributed by atoms with Crippen molar-refractivity contribution in [2.24, 2.45) is 0 Å². The van der Waals surface area contributed by atoms with Crippen molar-refractivity contribution in [2.45, 2.75) is 38.8 Å². The highest BCUT2D eigenvalue weighted by Crippen LogP contribution is 2.25. The molecule has 2 aliphatic heterocycles. The molecule has 3 heterocycles. The number of amides is 2. The van der Waals surface area contributed by atoms with E-state index in [9.17, 15) is 19.5 Å². The van der Waals surface area contributed by atoms with E-state index in [1.165, 1.54) is 6.07 Å². The van der Waals surface area contributed by atoms with E-state index >= 15 is 0 Å². The average molecular weight is 382 g/mol. The number of nitrogens with one attached hydrogen (secondary N) is 1. The Morgan fingerprint density at radius 2 is 2.07 bits per heavy atom. The van der Waals surface area contributed by atoms with Gasteiger partial charge in [-0.15, -0.1) is 0 Å². The van der Waals surface area contributed by atoms with Crippen LogP contribution in [0.15, 0.2) is 24.3 Å². The maximum Gasteiger partial charge on any atom is 0.335 e. The molecule has 0 spiro atoms. The first kappa shape index (κ1) is 18.2. The smallest absolute Gasteiger partial charge is 0.335 e. The fourth-order valence-electron chi connectivity index (χ4n) is 3.89. The van der Waals surface area contributed by atoms with Crippen LogP contribution in [0.3, 0.4) is 0 Å². The number of carbonyl (C=O) groups excluding carboxylic acids is 2. The van der Waals surface area contributed by atoms with Gasteiger partial charge < -0.3 is 19.9 Å². The van der Waals surface area contributed by atoms with Gasteiger partial charge in [0.2, 0.25) is 11.8 Å². The predicted molar refractivity (Wildman–Crippen MR) is 101 cm³/mol. The number of H-pyrrole nitrogens is 1. The van der Waals surface area contributed by atoms with Crippen molar-refractivity contribution in [3.05, 3.63) is 41.2 Å². The van der Waals surface area contributed by atoms with Gasteiger partial charge in [0.15, 0.2) is 0 Å². The van der Waals surface area contributed by atoms with Crippen LogP contribution in [0.4, 0.5) is 0 Å². The highest BCUT2D eigenvalue weighted by Gasteiger charge is 2.33. The van der Waals surface area contributed by atoms with Gasteiger partial charge in [0.1, 0.15) is 11.9 Å². The molecule has 1 aromatic carbocycles. The van der Waals surface area contributed by atoms with Crippen LogP contribution < -0.4 is 0 Å². The monoisotopic (exact) mass is 382 g/mol. The van der Waals surface area contributed by atoms with Gasteiger partial charge in [-0.1, -0.05) is 12.1 Å². The van der Waals surface area contributed by atoms with Crippen LogP contribution in [-0.4, -0.2) is 61.8 Å². The number of fused-ring (bicyclic) bond motifs is 1. The van der Waals surface area contributed by atoms with E-state index in [4.69, 9.17) is 0 Å². The second-order valence-electron chi connectivity index (χ2n) is 7.27. The molecule has 1 atom stereocenters. The van der Waals surface area contributed by atoms with E-state index in [1.54, 1.807) is 34.9 Å². The van der Waals surface area contributed by atoms with Gasteiger partial charge in [-0.05, 0) is 25.5 Å². The van der Waals surface area contributed by atoms with Crippen LogP contribution >= 0.6 is 0 Å². The van der Waals surface area contributed by atoms with Gasteiger partial charge in [-0.3, -0.25) is 9.59 Å². The molecule has 0 radical (unpaired) electrons. The van der Waals surface area contributed by atoms with E-state index in [2.05, 4.69) is 9.97 Å². The number of imidazole rings is 1. The molecule has 2 aliphatic rings. The fourth-order valence-corrected chi connectivity index (χ4v) is 3.89. The fraction of sp³-hybridized carbons (Fsp3) is 0.400. The van der Waals surface area contributed by atoms with E-state index in [0.29, 0.717) is 43.9 Å². The number of carboxylic acid groups (broad SMARTS) is 1. The van der Waals surface area contributed by atoms with Crippen molar-refractivity contribution in [1.29, 1.82) is 0 Å². The number of rotatable bonds is 4. The molecule has 4 rings (SSSR count). The highest BCUT2D eigenvalue weighted by molar-refractivity contribution is 5.89. The molecule has 8 heteroatoms. The Labute approximate surface area is 162 Å². The first-order valence-electron chi connectivity index (χ1n) is 9.44. The molecule has 0 bridgehead atoms. The minimum absolute atomic E-state index is 0.0423. The number of likely N-dealkylation sites (tertiary alicyclic amines) is 1. The molecule has 8 nitrogen and oxygen atoms in total. The number of aromatic carboxylic acids is 1. The van der Waals surface area contributed by atoms with Gasteiger partial charge >= 0.3 is 5.97 Å². The standard InChI is InChI=1S/C20H22N4O4/c1-12(24-8-3-6-17(24)25)19(26)23-9-7-15-16(11-23)22-18(21-15)13-4-2-5-14(10-13)20(27)28/h2,4-5,10,12H,3,6-9,11H2,1H3,(H,21,22)(H,27,28)/t12-/m1/s1. The predicted octanol–water partition coefficient (Wildman–Crippen LogP) is 1.67. The summed E-state index contributed by atoms with van der Waals surface area (Å²) in [5.74, 6) is -0.392. The van der Waals surface area contributed by atoms with Crippen LogP contribution in [0.25, 0.3) is 11.4 Å². The maximum atomic E-state index is 12.9. The van der Waals surface area contributed by atoms with E-state index in [1.807, 2.05) is 0 Å². The third-order valence-electron chi connectivity index (χ3n) is 5.46. The van der Waals surface area contributed by atoms with E-state index < -0.39 is 12.0 Å².